The summed E-state index contributed by atoms with van der Waals surface area (Å²) in [5, 5.41) is 10.9. The average molecular weight is 441 g/mol. The van der Waals surface area contributed by atoms with E-state index in [1.165, 1.54) is 12.0 Å². The highest BCUT2D eigenvalue weighted by molar-refractivity contribution is 6.27. The largest absolute Gasteiger partial charge is 0.480 e. The van der Waals surface area contributed by atoms with Gasteiger partial charge in [0.1, 0.15) is 17.5 Å². The van der Waals surface area contributed by atoms with Crippen molar-refractivity contribution in [3.05, 3.63) is 70.9 Å². The second-order valence-corrected chi connectivity index (χ2v) is 7.89. The molecule has 0 bridgehead atoms. The van der Waals surface area contributed by atoms with Gasteiger partial charge in [-0.2, -0.15) is 0 Å². The van der Waals surface area contributed by atoms with Crippen molar-refractivity contribution >= 4 is 40.3 Å². The van der Waals surface area contributed by atoms with Gasteiger partial charge in [-0.3, -0.25) is 4.79 Å². The van der Waals surface area contributed by atoms with Crippen molar-refractivity contribution in [3.8, 4) is 0 Å². The minimum Gasteiger partial charge on any atom is -0.480 e. The number of ether oxygens (including phenoxy) is 1. The van der Waals surface area contributed by atoms with E-state index < -0.39 is 29.4 Å². The third-order valence-electron chi connectivity index (χ3n) is 6.03. The number of methoxy groups -OCH3 is 1. The minimum absolute atomic E-state index is 0.160. The number of halogens is 1. The Hall–Kier alpha value is -3.32. The van der Waals surface area contributed by atoms with Gasteiger partial charge in [0.25, 0.3) is 0 Å². The molecule has 2 heterocycles. The molecule has 0 unspecified atom stereocenters. The van der Waals surface area contributed by atoms with E-state index in [1.54, 1.807) is 31.2 Å². The van der Waals surface area contributed by atoms with Crippen molar-refractivity contribution in [2.45, 2.75) is 24.9 Å². The van der Waals surface area contributed by atoms with Gasteiger partial charge in [0, 0.05) is 23.0 Å². The molecule has 1 aromatic heterocycles. The van der Waals surface area contributed by atoms with Crippen LogP contribution in [0.15, 0.2) is 48.5 Å². The molecule has 1 amide bonds. The molecule has 1 aliphatic rings. The summed E-state index contributed by atoms with van der Waals surface area (Å²) in [6.45, 7) is 1.80. The number of hydrogen-bond donors (Lipinski definition) is 2. The van der Waals surface area contributed by atoms with Gasteiger partial charge in [0.2, 0.25) is 5.91 Å². The molecule has 0 spiro atoms. The van der Waals surface area contributed by atoms with Gasteiger partial charge >= 0.3 is 11.9 Å². The fraction of sp³-hybridized carbons (Fsp3) is 0.261. The average Bonchev–Trinajstić information content (AvgIpc) is 3.17. The van der Waals surface area contributed by atoms with Gasteiger partial charge < -0.3 is 19.7 Å². The molecule has 0 saturated carbocycles. The lowest BCUT2D eigenvalue weighted by molar-refractivity contribution is -0.155. The number of aromatic amines is 1. The zero-order valence-corrected chi connectivity index (χ0v) is 17.8. The van der Waals surface area contributed by atoms with E-state index in [-0.39, 0.29) is 12.3 Å². The molecule has 0 saturated heterocycles. The number of para-hydroxylation sites is 1. The van der Waals surface area contributed by atoms with Gasteiger partial charge in [-0.25, -0.2) is 9.59 Å². The van der Waals surface area contributed by atoms with Crippen LogP contribution in [-0.2, 0) is 26.3 Å². The highest BCUT2D eigenvalue weighted by atomic mass is 35.5. The number of nitrogens with zero attached hydrogens (tertiary/aromatic N) is 1. The lowest BCUT2D eigenvalue weighted by Gasteiger charge is -2.48. The molecular weight excluding hydrogens is 420 g/mol. The first-order valence-electron chi connectivity index (χ1n) is 9.72. The first kappa shape index (κ1) is 20.9. The van der Waals surface area contributed by atoms with Crippen LogP contribution >= 0.6 is 11.6 Å². The molecular formula is C23H21ClN2O5. The zero-order valence-electron chi connectivity index (χ0n) is 17.0. The number of H-pyrrole nitrogens is 1. The Morgan fingerprint density at radius 1 is 1.19 bits per heavy atom. The van der Waals surface area contributed by atoms with Gasteiger partial charge in [-0.15, -0.1) is 11.6 Å². The van der Waals surface area contributed by atoms with Crippen molar-refractivity contribution in [2.75, 3.05) is 13.0 Å². The zero-order chi connectivity index (χ0) is 22.3. The molecule has 0 radical (unpaired) electrons. The maximum atomic E-state index is 13.0. The number of alkyl halides is 1. The van der Waals surface area contributed by atoms with E-state index in [0.717, 1.165) is 22.2 Å². The summed E-state index contributed by atoms with van der Waals surface area (Å²) >= 11 is 5.91. The topological polar surface area (TPSA) is 99.7 Å². The molecule has 0 fully saturated rings. The fourth-order valence-corrected chi connectivity index (χ4v) is 4.69. The summed E-state index contributed by atoms with van der Waals surface area (Å²) < 4.78 is 4.76. The number of nitrogens with one attached hydrogen (secondary N) is 1. The number of aromatic nitrogens is 1. The van der Waals surface area contributed by atoms with Crippen LogP contribution in [-0.4, -0.2) is 51.9 Å². The van der Waals surface area contributed by atoms with Crippen LogP contribution in [0.5, 0.6) is 0 Å². The summed E-state index contributed by atoms with van der Waals surface area (Å²) in [6, 6.07) is 13.2. The Balaban J connectivity index is 2.00. The molecule has 31 heavy (non-hydrogen) atoms. The SMILES string of the molecule is COC(=O)c1ccc([C@@]2(C)c3[nH]c4ccccc4c3C[C@H](C(=O)O)N2C(=O)CCl)cc1. The Bertz CT molecular complexity index is 1190. The molecule has 8 heteroatoms. The molecule has 160 valence electrons. The lowest BCUT2D eigenvalue weighted by atomic mass is 9.77. The molecule has 4 rings (SSSR count). The van der Waals surface area contributed by atoms with Crippen molar-refractivity contribution in [3.63, 3.8) is 0 Å². The first-order valence-corrected chi connectivity index (χ1v) is 10.3. The Morgan fingerprint density at radius 2 is 1.87 bits per heavy atom. The molecule has 3 aromatic rings. The molecule has 2 aromatic carbocycles. The Morgan fingerprint density at radius 3 is 2.48 bits per heavy atom. The summed E-state index contributed by atoms with van der Waals surface area (Å²) in [4.78, 5) is 41.8. The molecule has 0 aliphatic carbocycles. The number of carboxylic acid groups (broad SMARTS) is 1. The van der Waals surface area contributed by atoms with Crippen LogP contribution < -0.4 is 0 Å². The summed E-state index contributed by atoms with van der Waals surface area (Å²) in [6.07, 6.45) is 0.160. The first-order chi connectivity index (χ1) is 14.8. The maximum absolute atomic E-state index is 13.0. The summed E-state index contributed by atoms with van der Waals surface area (Å²) in [5.41, 5.74) is 2.30. The second-order valence-electron chi connectivity index (χ2n) is 7.62. The highest BCUT2D eigenvalue weighted by Crippen LogP contribution is 2.45. The quantitative estimate of drug-likeness (QED) is 0.479. The third kappa shape index (κ3) is 3.16. The van der Waals surface area contributed by atoms with Crippen molar-refractivity contribution in [1.82, 2.24) is 9.88 Å². The van der Waals surface area contributed by atoms with Crippen LogP contribution in [0.3, 0.4) is 0 Å². The number of carbonyl (C=O) groups is 3. The number of carbonyl (C=O) groups excluding carboxylic acids is 2. The van der Waals surface area contributed by atoms with Crippen LogP contribution in [0, 0.1) is 0 Å². The van der Waals surface area contributed by atoms with Crippen LogP contribution in [0.2, 0.25) is 0 Å². The van der Waals surface area contributed by atoms with Crippen LogP contribution in [0.4, 0.5) is 0 Å². The smallest absolute Gasteiger partial charge is 0.337 e. The number of amides is 1. The Labute approximate surface area is 183 Å². The Kier molecular flexibility index (Phi) is 5.23. The van der Waals surface area contributed by atoms with Crippen molar-refractivity contribution in [2.24, 2.45) is 0 Å². The van der Waals surface area contributed by atoms with Crippen molar-refractivity contribution < 1.29 is 24.2 Å². The molecule has 2 atom stereocenters. The van der Waals surface area contributed by atoms with Crippen LogP contribution in [0.25, 0.3) is 10.9 Å². The van der Waals surface area contributed by atoms with Crippen LogP contribution in [0.1, 0.15) is 34.1 Å². The summed E-state index contributed by atoms with van der Waals surface area (Å²) in [7, 11) is 1.30. The van der Waals surface area contributed by atoms with E-state index in [0.29, 0.717) is 11.1 Å². The van der Waals surface area contributed by atoms with Gasteiger partial charge in [0.05, 0.1) is 12.7 Å². The molecule has 1 aliphatic heterocycles. The molecule has 7 nitrogen and oxygen atoms in total. The maximum Gasteiger partial charge on any atom is 0.337 e. The minimum atomic E-state index is -1.14. The van der Waals surface area contributed by atoms with E-state index in [9.17, 15) is 19.5 Å². The fourth-order valence-electron chi connectivity index (χ4n) is 4.56. The van der Waals surface area contributed by atoms with E-state index in [2.05, 4.69) is 4.98 Å². The predicted molar refractivity (Wildman–Crippen MR) is 115 cm³/mol. The van der Waals surface area contributed by atoms with Gasteiger partial charge in [-0.05, 0) is 36.2 Å². The second kappa shape index (κ2) is 7.74. The number of aliphatic carboxylic acids is 1. The highest BCUT2D eigenvalue weighted by Gasteiger charge is 2.51. The number of rotatable bonds is 4. The monoisotopic (exact) mass is 440 g/mol. The van der Waals surface area contributed by atoms with Gasteiger partial charge in [-0.1, -0.05) is 30.3 Å². The lowest BCUT2D eigenvalue weighted by Crippen LogP contribution is -2.60. The third-order valence-corrected chi connectivity index (χ3v) is 6.26. The van der Waals surface area contributed by atoms with E-state index >= 15 is 0 Å². The number of fused-ring (bicyclic) bond motifs is 3. The van der Waals surface area contributed by atoms with E-state index in [1.807, 2.05) is 24.3 Å². The summed E-state index contributed by atoms with van der Waals surface area (Å²) in [5.74, 6) is -2.43. The number of benzene rings is 2. The predicted octanol–water partition coefficient (Wildman–Crippen LogP) is 3.29. The number of esters is 1. The molecule has 2 N–H and O–H groups in total. The van der Waals surface area contributed by atoms with Gasteiger partial charge in [0.15, 0.2) is 0 Å². The standard InChI is InChI=1S/C23H21ClN2O5/c1-23(14-9-7-13(8-10-14)22(30)31-2)20-16(15-5-3-4-6-17(15)25-20)11-18(21(28)29)26(23)19(27)12-24/h3-10,18,25H,11-12H2,1-2H3,(H,28,29)/t18-,23+/m1/s1. The van der Waals surface area contributed by atoms with E-state index in [4.69, 9.17) is 16.3 Å². The number of hydrogen-bond acceptors (Lipinski definition) is 4. The van der Waals surface area contributed by atoms with Crippen molar-refractivity contribution in [1.29, 1.82) is 0 Å². The number of carboxylic acids is 1. The normalized spacial score (nSPS) is 20.4.